The van der Waals surface area contributed by atoms with Crippen molar-refractivity contribution in [3.8, 4) is 11.5 Å². The van der Waals surface area contributed by atoms with Crippen LogP contribution in [0.2, 0.25) is 0 Å². The average molecular weight is 553 g/mol. The van der Waals surface area contributed by atoms with Gasteiger partial charge < -0.3 is 20.3 Å². The largest absolute Gasteiger partial charge is 0.508 e. The van der Waals surface area contributed by atoms with Crippen LogP contribution in [-0.2, 0) is 26.2 Å². The molecule has 0 heterocycles. The molecule has 4 rings (SSSR count). The van der Waals surface area contributed by atoms with E-state index in [1.54, 1.807) is 6.07 Å². The van der Waals surface area contributed by atoms with Crippen LogP contribution in [0, 0.1) is 0 Å². The maximum absolute atomic E-state index is 13.0. The Balaban J connectivity index is 1.26. The summed E-state index contributed by atoms with van der Waals surface area (Å²) in [7, 11) is -3.87. The van der Waals surface area contributed by atoms with E-state index in [9.17, 15) is 28.2 Å². The van der Waals surface area contributed by atoms with Crippen molar-refractivity contribution in [3.63, 3.8) is 0 Å². The summed E-state index contributed by atoms with van der Waals surface area (Å²) in [5.74, 6) is -0.825. The summed E-state index contributed by atoms with van der Waals surface area (Å²) >= 11 is 0. The van der Waals surface area contributed by atoms with E-state index in [0.717, 1.165) is 11.1 Å². The molecule has 0 aromatic heterocycles. The summed E-state index contributed by atoms with van der Waals surface area (Å²) in [6.45, 7) is 0.211. The lowest BCUT2D eigenvalue weighted by molar-refractivity contribution is -0.144. The highest BCUT2D eigenvalue weighted by atomic mass is 32.2. The highest BCUT2D eigenvalue weighted by Crippen LogP contribution is 2.38. The predicted molar refractivity (Wildman–Crippen MR) is 145 cm³/mol. The Morgan fingerprint density at radius 3 is 2.36 bits per heavy atom. The first-order valence-electron chi connectivity index (χ1n) is 12.8. The Morgan fingerprint density at radius 2 is 1.64 bits per heavy atom. The summed E-state index contributed by atoms with van der Waals surface area (Å²) in [6, 6.07) is 19.3. The molecule has 1 aliphatic carbocycles. The first kappa shape index (κ1) is 28.1. The topological polar surface area (TPSA) is 142 Å². The predicted octanol–water partition coefficient (Wildman–Crippen LogP) is 3.97. The number of ether oxygens (including phenoxy) is 1. The monoisotopic (exact) mass is 552 g/mol. The van der Waals surface area contributed by atoms with Crippen molar-refractivity contribution < 1.29 is 33.0 Å². The van der Waals surface area contributed by atoms with Crippen LogP contribution in [0.1, 0.15) is 59.5 Å². The fraction of sp³-hybridized carbons (Fsp3) is 0.310. The van der Waals surface area contributed by atoms with Gasteiger partial charge in [0.05, 0.1) is 11.3 Å². The van der Waals surface area contributed by atoms with Crippen molar-refractivity contribution in [3.05, 3.63) is 89.5 Å². The normalized spacial score (nSPS) is 17.3. The molecule has 0 radical (unpaired) electrons. The number of phenolic OH excluding ortho intramolecular Hbond substituents is 2. The molecule has 3 aromatic rings. The van der Waals surface area contributed by atoms with Crippen LogP contribution in [0.25, 0.3) is 0 Å². The third kappa shape index (κ3) is 7.81. The second kappa shape index (κ2) is 12.8. The third-order valence-corrected chi connectivity index (χ3v) is 8.28. The van der Waals surface area contributed by atoms with Crippen LogP contribution >= 0.6 is 0 Å². The van der Waals surface area contributed by atoms with Crippen LogP contribution in [0.5, 0.6) is 11.5 Å². The molecule has 1 fully saturated rings. The summed E-state index contributed by atoms with van der Waals surface area (Å²) < 4.78 is 34.0. The van der Waals surface area contributed by atoms with Gasteiger partial charge in [-0.25, -0.2) is 13.1 Å². The van der Waals surface area contributed by atoms with E-state index in [4.69, 9.17) is 4.74 Å². The standard InChI is InChI=1S/C29H32N2O7S/c32-24-13-14-26(27(33)18-24)21-9-11-23(12-10-21)31-39(36,37)25-8-4-7-22(17-25)29(35)30-16-15-28(34)38-19-20-5-2-1-3-6-20/h1-8,13-14,17-18,21,23,31-33H,9-12,15-16,19H2,(H,30,35)/t21-,23+. The van der Waals surface area contributed by atoms with Gasteiger partial charge in [-0.3, -0.25) is 9.59 Å². The lowest BCUT2D eigenvalue weighted by atomic mass is 9.81. The smallest absolute Gasteiger partial charge is 0.307 e. The zero-order chi connectivity index (χ0) is 27.8. The fourth-order valence-corrected chi connectivity index (χ4v) is 6.03. The summed E-state index contributed by atoms with van der Waals surface area (Å²) in [6.07, 6.45) is 2.53. The molecule has 9 nitrogen and oxygen atoms in total. The van der Waals surface area contributed by atoms with Gasteiger partial charge in [0.2, 0.25) is 10.0 Å². The number of carbonyl (C=O) groups is 2. The van der Waals surface area contributed by atoms with Gasteiger partial charge in [-0.15, -0.1) is 0 Å². The van der Waals surface area contributed by atoms with Gasteiger partial charge in [-0.05, 0) is 67.0 Å². The Kier molecular flexibility index (Phi) is 9.21. The molecule has 3 aromatic carbocycles. The van der Waals surface area contributed by atoms with Gasteiger partial charge in [0.1, 0.15) is 18.1 Å². The number of aromatic hydroxyl groups is 2. The Labute approximate surface area is 227 Å². The number of nitrogens with one attached hydrogen (secondary N) is 2. The second-order valence-electron chi connectivity index (χ2n) is 9.59. The molecule has 0 saturated heterocycles. The van der Waals surface area contributed by atoms with Crippen molar-refractivity contribution in [2.45, 2.75) is 55.6 Å². The number of amides is 1. The first-order valence-corrected chi connectivity index (χ1v) is 14.3. The molecule has 39 heavy (non-hydrogen) atoms. The van der Waals surface area contributed by atoms with Crippen molar-refractivity contribution in [1.29, 1.82) is 0 Å². The molecule has 1 aliphatic rings. The van der Waals surface area contributed by atoms with Gasteiger partial charge >= 0.3 is 5.97 Å². The minimum absolute atomic E-state index is 0.00468. The Morgan fingerprint density at radius 1 is 0.897 bits per heavy atom. The van der Waals surface area contributed by atoms with Gasteiger partial charge in [0.15, 0.2) is 0 Å². The third-order valence-electron chi connectivity index (χ3n) is 6.77. The molecule has 0 spiro atoms. The first-order chi connectivity index (χ1) is 18.7. The van der Waals surface area contributed by atoms with Crippen molar-refractivity contribution >= 4 is 21.9 Å². The molecule has 10 heteroatoms. The van der Waals surface area contributed by atoms with Crippen LogP contribution in [0.15, 0.2) is 77.7 Å². The zero-order valence-electron chi connectivity index (χ0n) is 21.4. The van der Waals surface area contributed by atoms with Crippen LogP contribution < -0.4 is 10.0 Å². The SMILES string of the molecule is O=C(CCNC(=O)c1cccc(S(=O)(=O)N[C@H]2CC[C@@H](c3ccc(O)cc3O)CC2)c1)OCc1ccccc1. The maximum atomic E-state index is 13.0. The van der Waals surface area contributed by atoms with E-state index in [1.807, 2.05) is 30.3 Å². The maximum Gasteiger partial charge on any atom is 0.307 e. The van der Waals surface area contributed by atoms with Gasteiger partial charge in [0.25, 0.3) is 5.91 Å². The van der Waals surface area contributed by atoms with Crippen LogP contribution in [-0.4, -0.2) is 43.1 Å². The minimum Gasteiger partial charge on any atom is -0.508 e. The molecule has 1 amide bonds. The number of hydrogen-bond acceptors (Lipinski definition) is 7. The highest BCUT2D eigenvalue weighted by molar-refractivity contribution is 7.89. The average Bonchev–Trinajstić information content (AvgIpc) is 2.93. The molecule has 4 N–H and O–H groups in total. The van der Waals surface area contributed by atoms with E-state index >= 15 is 0 Å². The van der Waals surface area contributed by atoms with Crippen molar-refractivity contribution in [2.75, 3.05) is 6.54 Å². The summed E-state index contributed by atoms with van der Waals surface area (Å²) in [4.78, 5) is 24.5. The summed E-state index contributed by atoms with van der Waals surface area (Å²) in [5, 5.41) is 22.3. The molecular formula is C29H32N2O7S. The Hall–Kier alpha value is -3.89. The number of phenols is 2. The second-order valence-corrected chi connectivity index (χ2v) is 11.3. The number of benzene rings is 3. The molecule has 0 unspecified atom stereocenters. The number of esters is 1. The number of sulfonamides is 1. The van der Waals surface area contributed by atoms with Crippen LogP contribution in [0.4, 0.5) is 0 Å². The van der Waals surface area contributed by atoms with Gasteiger partial charge in [-0.1, -0.05) is 42.5 Å². The fourth-order valence-electron chi connectivity index (χ4n) is 4.68. The lowest BCUT2D eigenvalue weighted by Gasteiger charge is -2.29. The lowest BCUT2D eigenvalue weighted by Crippen LogP contribution is -2.37. The van der Waals surface area contributed by atoms with Crippen LogP contribution in [0.3, 0.4) is 0 Å². The molecule has 1 saturated carbocycles. The molecule has 0 atom stereocenters. The molecular weight excluding hydrogens is 520 g/mol. The van der Waals surface area contributed by atoms with E-state index in [1.165, 1.54) is 36.4 Å². The zero-order valence-corrected chi connectivity index (χ0v) is 22.2. The van der Waals surface area contributed by atoms with E-state index in [0.29, 0.717) is 25.7 Å². The number of hydrogen-bond donors (Lipinski definition) is 4. The van der Waals surface area contributed by atoms with Crippen molar-refractivity contribution in [1.82, 2.24) is 10.0 Å². The number of rotatable bonds is 10. The quantitative estimate of drug-likeness (QED) is 0.279. The number of carbonyl (C=O) groups excluding carboxylic acids is 2. The Bertz CT molecular complexity index is 1400. The van der Waals surface area contributed by atoms with E-state index in [-0.39, 0.29) is 53.5 Å². The van der Waals surface area contributed by atoms with E-state index < -0.39 is 21.9 Å². The minimum atomic E-state index is -3.87. The molecule has 206 valence electrons. The van der Waals surface area contributed by atoms with Gasteiger partial charge in [0, 0.05) is 24.2 Å². The van der Waals surface area contributed by atoms with Gasteiger partial charge in [-0.2, -0.15) is 0 Å². The molecule has 0 aliphatic heterocycles. The highest BCUT2D eigenvalue weighted by Gasteiger charge is 2.28. The summed E-state index contributed by atoms with van der Waals surface area (Å²) in [5.41, 5.74) is 1.78. The van der Waals surface area contributed by atoms with E-state index in [2.05, 4.69) is 10.0 Å². The molecule has 0 bridgehead atoms. The van der Waals surface area contributed by atoms with Crippen molar-refractivity contribution in [2.24, 2.45) is 0 Å².